The van der Waals surface area contributed by atoms with Gasteiger partial charge in [-0.25, -0.2) is 0 Å². The molecule has 0 radical (unpaired) electrons. The zero-order valence-electron chi connectivity index (χ0n) is 17.8. The van der Waals surface area contributed by atoms with Gasteiger partial charge in [0.15, 0.2) is 5.58 Å². The van der Waals surface area contributed by atoms with Gasteiger partial charge >= 0.3 is 0 Å². The molecule has 2 heterocycles. The lowest BCUT2D eigenvalue weighted by atomic mass is 9.93. The number of benzene rings is 2. The Balaban J connectivity index is 2.06. The van der Waals surface area contributed by atoms with E-state index in [-0.39, 0.29) is 39.3 Å². The van der Waals surface area contributed by atoms with Crippen LogP contribution in [0, 0.1) is 0 Å². The highest BCUT2D eigenvalue weighted by atomic mass is 16.5. The molecule has 2 aromatic carbocycles. The summed E-state index contributed by atoms with van der Waals surface area (Å²) in [7, 11) is 0. The van der Waals surface area contributed by atoms with Crippen molar-refractivity contribution >= 4 is 17.0 Å². The summed E-state index contributed by atoms with van der Waals surface area (Å²) in [5.41, 5.74) is 1.58. The molecule has 6 nitrogen and oxygen atoms in total. The fourth-order valence-corrected chi connectivity index (χ4v) is 3.68. The third-order valence-electron chi connectivity index (χ3n) is 5.28. The molecule has 0 saturated carbocycles. The molecule has 6 heteroatoms. The number of hydrogen-bond donors (Lipinski definition) is 3. The van der Waals surface area contributed by atoms with E-state index in [1.54, 1.807) is 0 Å². The molecule has 31 heavy (non-hydrogen) atoms. The zero-order chi connectivity index (χ0) is 22.5. The molecule has 0 fully saturated rings. The average molecular weight is 420 g/mol. The quantitative estimate of drug-likeness (QED) is 0.499. The van der Waals surface area contributed by atoms with Gasteiger partial charge < -0.3 is 24.5 Å². The molecule has 0 atom stereocenters. The number of fused-ring (bicyclic) bond motifs is 3. The summed E-state index contributed by atoms with van der Waals surface area (Å²) in [4.78, 5) is 13.4. The fraction of sp³-hybridized carbons (Fsp3) is 0.240. The highest BCUT2D eigenvalue weighted by molar-refractivity contribution is 5.97. The van der Waals surface area contributed by atoms with Gasteiger partial charge in [0.2, 0.25) is 5.43 Å². The summed E-state index contributed by atoms with van der Waals surface area (Å²) in [5.74, 6) is -0.110. The summed E-state index contributed by atoms with van der Waals surface area (Å²) in [6.07, 6.45) is 7.29. The van der Waals surface area contributed by atoms with E-state index in [0.717, 1.165) is 11.6 Å². The smallest absolute Gasteiger partial charge is 0.204 e. The van der Waals surface area contributed by atoms with E-state index >= 15 is 0 Å². The Bertz CT molecular complexity index is 1320. The van der Waals surface area contributed by atoms with Crippen molar-refractivity contribution in [1.29, 1.82) is 0 Å². The third kappa shape index (κ3) is 3.54. The number of phenols is 3. The topological polar surface area (TPSA) is 100 Å². The number of aromatic hydroxyl groups is 3. The molecule has 0 amide bonds. The molecule has 3 N–H and O–H groups in total. The Kier molecular flexibility index (Phi) is 4.81. The minimum absolute atomic E-state index is 0.0221. The van der Waals surface area contributed by atoms with E-state index in [9.17, 15) is 20.1 Å². The van der Waals surface area contributed by atoms with Crippen molar-refractivity contribution in [3.8, 4) is 34.1 Å². The van der Waals surface area contributed by atoms with Crippen LogP contribution in [0.25, 0.3) is 28.2 Å². The van der Waals surface area contributed by atoms with Gasteiger partial charge in [0.1, 0.15) is 40.2 Å². The van der Waals surface area contributed by atoms with Gasteiger partial charge in [0, 0.05) is 17.2 Å². The van der Waals surface area contributed by atoms with Gasteiger partial charge in [-0.3, -0.25) is 4.79 Å². The minimum atomic E-state index is -0.578. The van der Waals surface area contributed by atoms with E-state index in [0.29, 0.717) is 23.3 Å². The maximum Gasteiger partial charge on any atom is 0.204 e. The first-order valence-electron chi connectivity index (χ1n) is 9.96. The SMILES string of the molecule is CC(C)=CCc1c2c(c3occ(-c4ccc(O)cc4O)c(=O)c3c1O)C=CC(C)(C)O2. The van der Waals surface area contributed by atoms with Crippen LogP contribution in [-0.2, 0) is 6.42 Å². The van der Waals surface area contributed by atoms with Gasteiger partial charge in [-0.15, -0.1) is 0 Å². The lowest BCUT2D eigenvalue weighted by Crippen LogP contribution is -2.28. The van der Waals surface area contributed by atoms with E-state index in [1.807, 2.05) is 45.9 Å². The van der Waals surface area contributed by atoms with Gasteiger partial charge in [0.05, 0.1) is 11.1 Å². The maximum atomic E-state index is 13.4. The highest BCUT2D eigenvalue weighted by Crippen LogP contribution is 2.45. The molecule has 1 aliphatic heterocycles. The lowest BCUT2D eigenvalue weighted by molar-refractivity contribution is 0.157. The Morgan fingerprint density at radius 3 is 2.55 bits per heavy atom. The van der Waals surface area contributed by atoms with Crippen molar-refractivity contribution in [3.63, 3.8) is 0 Å². The van der Waals surface area contributed by atoms with Crippen molar-refractivity contribution in [2.24, 2.45) is 0 Å². The van der Waals surface area contributed by atoms with E-state index in [4.69, 9.17) is 9.15 Å². The van der Waals surface area contributed by atoms with Gasteiger partial charge in [-0.1, -0.05) is 11.6 Å². The summed E-state index contributed by atoms with van der Waals surface area (Å²) in [6.45, 7) is 7.72. The third-order valence-corrected chi connectivity index (χ3v) is 5.28. The lowest BCUT2D eigenvalue weighted by Gasteiger charge is -2.30. The van der Waals surface area contributed by atoms with E-state index < -0.39 is 11.0 Å². The molecule has 3 aromatic rings. The van der Waals surface area contributed by atoms with Gasteiger partial charge in [0.25, 0.3) is 0 Å². The van der Waals surface area contributed by atoms with Crippen molar-refractivity contribution in [2.45, 2.75) is 39.7 Å². The first-order chi connectivity index (χ1) is 14.6. The van der Waals surface area contributed by atoms with Gasteiger partial charge in [-0.05, 0) is 58.4 Å². The van der Waals surface area contributed by atoms with E-state index in [1.165, 1.54) is 18.4 Å². The van der Waals surface area contributed by atoms with Crippen molar-refractivity contribution in [3.05, 3.63) is 63.5 Å². The van der Waals surface area contributed by atoms with Crippen LogP contribution in [0.15, 0.2) is 51.4 Å². The number of rotatable bonds is 3. The molecule has 0 spiro atoms. The van der Waals surface area contributed by atoms with Crippen molar-refractivity contribution < 1.29 is 24.5 Å². The first kappa shape index (κ1) is 20.6. The molecule has 1 aliphatic rings. The monoisotopic (exact) mass is 420 g/mol. The summed E-state index contributed by atoms with van der Waals surface area (Å²) in [6, 6.07) is 3.93. The van der Waals surface area contributed by atoms with Crippen LogP contribution in [-0.4, -0.2) is 20.9 Å². The largest absolute Gasteiger partial charge is 0.508 e. The zero-order valence-corrected chi connectivity index (χ0v) is 17.8. The van der Waals surface area contributed by atoms with Crippen molar-refractivity contribution in [2.75, 3.05) is 0 Å². The standard InChI is InChI=1S/C25H24O6/c1-13(2)5-7-16-21(28)20-22(29)18(15-8-6-14(26)11-19(15)27)12-30-24(20)17-9-10-25(3,4)31-23(16)17/h5-6,8-12,26-28H,7H2,1-4H3. The first-order valence-corrected chi connectivity index (χ1v) is 9.96. The predicted octanol–water partition coefficient (Wildman–Crippen LogP) is 5.27. The van der Waals surface area contributed by atoms with Crippen LogP contribution < -0.4 is 10.2 Å². The predicted molar refractivity (Wildman–Crippen MR) is 120 cm³/mol. The minimum Gasteiger partial charge on any atom is -0.508 e. The Labute approximate surface area is 179 Å². The molecule has 1 aromatic heterocycles. The highest BCUT2D eigenvalue weighted by Gasteiger charge is 2.30. The fourth-order valence-electron chi connectivity index (χ4n) is 3.68. The maximum absolute atomic E-state index is 13.4. The number of phenolic OH excluding ortho intramolecular Hbond substituents is 3. The normalized spacial score (nSPS) is 14.2. The number of ether oxygens (including phenoxy) is 1. The second kappa shape index (κ2) is 7.23. The molecule has 0 bridgehead atoms. The Morgan fingerprint density at radius 1 is 1.13 bits per heavy atom. The van der Waals surface area contributed by atoms with Crippen LogP contribution in [0.4, 0.5) is 0 Å². The average Bonchev–Trinajstić information content (AvgIpc) is 2.67. The Hall–Kier alpha value is -3.67. The van der Waals surface area contributed by atoms with Crippen LogP contribution in [0.3, 0.4) is 0 Å². The summed E-state index contributed by atoms with van der Waals surface area (Å²) >= 11 is 0. The molecule has 0 aliphatic carbocycles. The number of hydrogen-bond acceptors (Lipinski definition) is 6. The molecule has 0 saturated heterocycles. The molecular weight excluding hydrogens is 396 g/mol. The molecular formula is C25H24O6. The van der Waals surface area contributed by atoms with Crippen LogP contribution in [0.2, 0.25) is 0 Å². The van der Waals surface area contributed by atoms with Crippen LogP contribution in [0.5, 0.6) is 23.0 Å². The van der Waals surface area contributed by atoms with Crippen molar-refractivity contribution in [1.82, 2.24) is 0 Å². The molecule has 4 rings (SSSR count). The second-order valence-corrected chi connectivity index (χ2v) is 8.48. The summed E-state index contributed by atoms with van der Waals surface area (Å²) < 4.78 is 12.0. The van der Waals surface area contributed by atoms with Crippen LogP contribution in [0.1, 0.15) is 38.8 Å². The van der Waals surface area contributed by atoms with E-state index in [2.05, 4.69) is 0 Å². The van der Waals surface area contributed by atoms with Gasteiger partial charge in [-0.2, -0.15) is 0 Å². The summed E-state index contributed by atoms with van der Waals surface area (Å²) in [5, 5.41) is 31.0. The van der Waals surface area contributed by atoms with Crippen LogP contribution >= 0.6 is 0 Å². The molecule has 0 unspecified atom stereocenters. The second-order valence-electron chi connectivity index (χ2n) is 8.48. The Morgan fingerprint density at radius 2 is 1.87 bits per heavy atom. The number of allylic oxidation sites excluding steroid dienone is 2. The molecule has 160 valence electrons.